The smallest absolute Gasteiger partial charge is 0.205 e. The summed E-state index contributed by atoms with van der Waals surface area (Å²) in [5.41, 5.74) is 7.17. The minimum atomic E-state index is 0.479. The molecule has 20 heavy (non-hydrogen) atoms. The van der Waals surface area contributed by atoms with E-state index in [2.05, 4.69) is 25.8 Å². The molecule has 0 atom stereocenters. The van der Waals surface area contributed by atoms with Crippen molar-refractivity contribution in [1.82, 2.24) is 0 Å². The van der Waals surface area contributed by atoms with Crippen molar-refractivity contribution in [3.63, 3.8) is 0 Å². The Bertz CT molecular complexity index is 773. The van der Waals surface area contributed by atoms with E-state index in [1.54, 1.807) is 7.05 Å². The quantitative estimate of drug-likeness (QED) is 0.622. The minimum Gasteiger partial charge on any atom is -0.404 e. The molecule has 0 amide bonds. The summed E-state index contributed by atoms with van der Waals surface area (Å²) in [5, 5.41) is 2.25. The fourth-order valence-electron chi connectivity index (χ4n) is 2.05. The molecule has 2 aromatic carbocycles. The third-order valence-corrected chi connectivity index (χ3v) is 3.86. The molecule has 0 heterocycles. The molecule has 0 aliphatic heterocycles. The van der Waals surface area contributed by atoms with E-state index in [-0.39, 0.29) is 0 Å². The number of fused-ring (bicyclic) bond motifs is 1. The van der Waals surface area contributed by atoms with Gasteiger partial charge in [0.15, 0.2) is 0 Å². The highest BCUT2D eigenvalue weighted by Gasteiger charge is 2.18. The van der Waals surface area contributed by atoms with E-state index in [0.29, 0.717) is 26.5 Å². The zero-order valence-electron chi connectivity index (χ0n) is 10.7. The van der Waals surface area contributed by atoms with Crippen LogP contribution in [0.25, 0.3) is 15.6 Å². The van der Waals surface area contributed by atoms with E-state index in [1.165, 1.54) is 6.20 Å². The molecule has 2 N–H and O–H groups in total. The van der Waals surface area contributed by atoms with Crippen LogP contribution in [0, 0.1) is 6.57 Å². The van der Waals surface area contributed by atoms with Crippen LogP contribution in [0.3, 0.4) is 0 Å². The molecule has 0 saturated carbocycles. The Morgan fingerprint density at radius 3 is 2.75 bits per heavy atom. The molecular formula is C15H11BrClN3. The number of allylic oxidation sites excluding steroid dienone is 1. The molecule has 2 rings (SSSR count). The van der Waals surface area contributed by atoms with Crippen LogP contribution in [0.1, 0.15) is 5.56 Å². The van der Waals surface area contributed by atoms with E-state index in [0.717, 1.165) is 10.8 Å². The molecule has 0 aliphatic rings. The van der Waals surface area contributed by atoms with Crippen LogP contribution in [0.2, 0.25) is 5.02 Å². The van der Waals surface area contributed by atoms with Gasteiger partial charge in [-0.25, -0.2) is 4.85 Å². The van der Waals surface area contributed by atoms with Gasteiger partial charge in [0, 0.05) is 23.8 Å². The molecule has 0 spiro atoms. The zero-order chi connectivity index (χ0) is 14.7. The maximum atomic E-state index is 7.48. The Labute approximate surface area is 130 Å². The van der Waals surface area contributed by atoms with Gasteiger partial charge in [-0.15, -0.1) is 0 Å². The first-order valence-electron chi connectivity index (χ1n) is 5.77. The monoisotopic (exact) mass is 347 g/mol. The molecule has 0 saturated heterocycles. The predicted molar refractivity (Wildman–Crippen MR) is 88.9 cm³/mol. The predicted octanol–water partition coefficient (Wildman–Crippen LogP) is 4.66. The number of rotatable bonds is 2. The van der Waals surface area contributed by atoms with Gasteiger partial charge in [0.2, 0.25) is 5.69 Å². The molecule has 0 radical (unpaired) electrons. The Hall–Kier alpha value is -1.83. The maximum absolute atomic E-state index is 7.48. The summed E-state index contributed by atoms with van der Waals surface area (Å²) in [5.74, 6) is 0. The number of aliphatic imine (C=N–C) groups is 1. The Kier molecular flexibility index (Phi) is 4.43. The maximum Gasteiger partial charge on any atom is 0.205 e. The lowest BCUT2D eigenvalue weighted by Gasteiger charge is -2.12. The van der Waals surface area contributed by atoms with Crippen LogP contribution < -0.4 is 5.73 Å². The number of hydrogen-bond donors (Lipinski definition) is 1. The van der Waals surface area contributed by atoms with E-state index >= 15 is 0 Å². The van der Waals surface area contributed by atoms with Crippen molar-refractivity contribution in [2.24, 2.45) is 10.7 Å². The average molecular weight is 349 g/mol. The van der Waals surface area contributed by atoms with Crippen LogP contribution in [0.15, 0.2) is 46.0 Å². The summed E-state index contributed by atoms with van der Waals surface area (Å²) in [7, 11) is 1.64. The second kappa shape index (κ2) is 6.08. The van der Waals surface area contributed by atoms with Crippen molar-refractivity contribution in [2.75, 3.05) is 7.05 Å². The number of halogens is 2. The molecule has 100 valence electrons. The van der Waals surface area contributed by atoms with E-state index in [1.807, 2.05) is 30.3 Å². The van der Waals surface area contributed by atoms with Gasteiger partial charge >= 0.3 is 0 Å². The molecule has 2 aromatic rings. The number of benzene rings is 2. The number of nitrogens with two attached hydrogens (primary N) is 1. The summed E-state index contributed by atoms with van der Waals surface area (Å²) < 4.78 is 0.599. The number of hydrogen-bond acceptors (Lipinski definition) is 2. The highest BCUT2D eigenvalue weighted by Crippen LogP contribution is 2.37. The Balaban J connectivity index is 2.90. The summed E-state index contributed by atoms with van der Waals surface area (Å²) in [6.45, 7) is 7.48. The lowest BCUT2D eigenvalue weighted by molar-refractivity contribution is 1.43. The van der Waals surface area contributed by atoms with Crippen LogP contribution in [0.4, 0.5) is 5.69 Å². The standard InChI is InChI=1S/C15H11BrClN3/c1-19-14-10-6-4-3-5-9(10)7-12(17)13(14)15(20-2)11(16)8-18/h3-8H,18H2,2H3/b11-8+,20-15?. The Morgan fingerprint density at radius 1 is 1.45 bits per heavy atom. The van der Waals surface area contributed by atoms with Crippen LogP contribution >= 0.6 is 27.5 Å². The topological polar surface area (TPSA) is 42.7 Å². The molecule has 0 bridgehead atoms. The second-order valence-corrected chi connectivity index (χ2v) is 5.26. The van der Waals surface area contributed by atoms with Gasteiger partial charge in [0.05, 0.1) is 16.8 Å². The van der Waals surface area contributed by atoms with E-state index in [4.69, 9.17) is 23.9 Å². The first-order valence-corrected chi connectivity index (χ1v) is 6.94. The van der Waals surface area contributed by atoms with Crippen molar-refractivity contribution in [2.45, 2.75) is 0 Å². The lowest BCUT2D eigenvalue weighted by atomic mass is 10.0. The van der Waals surface area contributed by atoms with Crippen LogP contribution in [-0.4, -0.2) is 12.8 Å². The fourth-order valence-corrected chi connectivity index (χ4v) is 2.73. The molecular weight excluding hydrogens is 338 g/mol. The average Bonchev–Trinajstić information content (AvgIpc) is 2.47. The summed E-state index contributed by atoms with van der Waals surface area (Å²) >= 11 is 9.69. The van der Waals surface area contributed by atoms with Crippen molar-refractivity contribution >= 4 is 49.7 Å². The van der Waals surface area contributed by atoms with E-state index < -0.39 is 0 Å². The first-order chi connectivity index (χ1) is 9.63. The van der Waals surface area contributed by atoms with Gasteiger partial charge in [0.1, 0.15) is 0 Å². The third-order valence-electron chi connectivity index (χ3n) is 2.92. The van der Waals surface area contributed by atoms with Crippen molar-refractivity contribution in [3.05, 3.63) is 63.0 Å². The fraction of sp³-hybridized carbons (Fsp3) is 0.0667. The largest absolute Gasteiger partial charge is 0.404 e. The highest BCUT2D eigenvalue weighted by atomic mass is 79.9. The van der Waals surface area contributed by atoms with Crippen molar-refractivity contribution in [3.8, 4) is 0 Å². The Morgan fingerprint density at radius 2 is 2.15 bits per heavy atom. The van der Waals surface area contributed by atoms with Gasteiger partial charge in [-0.05, 0) is 32.8 Å². The zero-order valence-corrected chi connectivity index (χ0v) is 13.0. The summed E-state index contributed by atoms with van der Waals surface area (Å²) in [6.07, 6.45) is 1.39. The van der Waals surface area contributed by atoms with Gasteiger partial charge in [-0.1, -0.05) is 35.9 Å². The summed E-state index contributed by atoms with van der Waals surface area (Å²) in [4.78, 5) is 7.84. The van der Waals surface area contributed by atoms with Gasteiger partial charge < -0.3 is 5.73 Å². The van der Waals surface area contributed by atoms with E-state index in [9.17, 15) is 0 Å². The highest BCUT2D eigenvalue weighted by molar-refractivity contribution is 9.12. The third kappa shape index (κ3) is 2.43. The first kappa shape index (κ1) is 14.6. The summed E-state index contributed by atoms with van der Waals surface area (Å²) in [6, 6.07) is 9.47. The normalized spacial score (nSPS) is 12.5. The van der Waals surface area contributed by atoms with Crippen LogP contribution in [0.5, 0.6) is 0 Å². The molecule has 0 aliphatic carbocycles. The van der Waals surface area contributed by atoms with Gasteiger partial charge in [-0.2, -0.15) is 0 Å². The molecule has 0 fully saturated rings. The van der Waals surface area contributed by atoms with Gasteiger partial charge in [-0.3, -0.25) is 4.99 Å². The minimum absolute atomic E-state index is 0.479. The SMILES string of the molecule is [C-]#[N+]c1c(C(=NC)/C(Br)=C\N)c(Cl)cc2ccccc12. The van der Waals surface area contributed by atoms with Crippen molar-refractivity contribution in [1.29, 1.82) is 0 Å². The molecule has 0 aromatic heterocycles. The lowest BCUT2D eigenvalue weighted by Crippen LogP contribution is -2.04. The molecule has 5 heteroatoms. The van der Waals surface area contributed by atoms with Gasteiger partial charge in [0.25, 0.3) is 0 Å². The second-order valence-electron chi connectivity index (χ2n) is 4.00. The molecule has 0 unspecified atom stereocenters. The number of nitrogens with zero attached hydrogens (tertiary/aromatic N) is 2. The van der Waals surface area contributed by atoms with Crippen LogP contribution in [-0.2, 0) is 0 Å². The van der Waals surface area contributed by atoms with Crippen molar-refractivity contribution < 1.29 is 0 Å². The molecule has 3 nitrogen and oxygen atoms in total.